The van der Waals surface area contributed by atoms with E-state index < -0.39 is 6.10 Å². The van der Waals surface area contributed by atoms with E-state index in [2.05, 4.69) is 10.6 Å². The standard InChI is InChI=1S/C12H18N2O3/c1-8(15)7-14-12(16)9-4-5-10(13-2)11(6-9)17-3/h4-6,8,13,15H,7H2,1-3H3,(H,14,16). The Labute approximate surface area is 101 Å². The number of methoxy groups -OCH3 is 1. The quantitative estimate of drug-likeness (QED) is 0.711. The van der Waals surface area contributed by atoms with Crippen molar-refractivity contribution in [1.82, 2.24) is 5.32 Å². The summed E-state index contributed by atoms with van der Waals surface area (Å²) in [5, 5.41) is 14.7. The minimum atomic E-state index is -0.558. The van der Waals surface area contributed by atoms with E-state index in [1.807, 2.05) is 0 Å². The first kappa shape index (κ1) is 13.3. The zero-order valence-electron chi connectivity index (χ0n) is 10.3. The van der Waals surface area contributed by atoms with Crippen molar-refractivity contribution in [2.24, 2.45) is 0 Å². The number of carbonyl (C=O) groups is 1. The van der Waals surface area contributed by atoms with Gasteiger partial charge in [-0.2, -0.15) is 0 Å². The van der Waals surface area contributed by atoms with Crippen LogP contribution < -0.4 is 15.4 Å². The highest BCUT2D eigenvalue weighted by atomic mass is 16.5. The predicted octanol–water partition coefficient (Wildman–Crippen LogP) is 0.847. The molecule has 1 aromatic carbocycles. The van der Waals surface area contributed by atoms with Gasteiger partial charge in [-0.25, -0.2) is 0 Å². The molecule has 3 N–H and O–H groups in total. The zero-order valence-corrected chi connectivity index (χ0v) is 10.3. The lowest BCUT2D eigenvalue weighted by molar-refractivity contribution is 0.0923. The van der Waals surface area contributed by atoms with E-state index in [0.29, 0.717) is 11.3 Å². The third kappa shape index (κ3) is 3.64. The fourth-order valence-corrected chi connectivity index (χ4v) is 1.38. The molecule has 1 amide bonds. The van der Waals surface area contributed by atoms with Crippen LogP contribution in [0.5, 0.6) is 5.75 Å². The Morgan fingerprint density at radius 3 is 2.76 bits per heavy atom. The Kier molecular flexibility index (Phi) is 4.78. The van der Waals surface area contributed by atoms with Gasteiger partial charge in [-0.05, 0) is 25.1 Å². The monoisotopic (exact) mass is 238 g/mol. The van der Waals surface area contributed by atoms with E-state index in [0.717, 1.165) is 5.69 Å². The van der Waals surface area contributed by atoms with Crippen LogP contribution in [0.4, 0.5) is 5.69 Å². The van der Waals surface area contributed by atoms with Gasteiger partial charge < -0.3 is 20.5 Å². The lowest BCUT2D eigenvalue weighted by atomic mass is 10.1. The number of rotatable bonds is 5. The molecule has 1 aromatic rings. The van der Waals surface area contributed by atoms with Gasteiger partial charge in [-0.15, -0.1) is 0 Å². The first-order valence-electron chi connectivity index (χ1n) is 5.40. The van der Waals surface area contributed by atoms with Crippen molar-refractivity contribution >= 4 is 11.6 Å². The van der Waals surface area contributed by atoms with Crippen molar-refractivity contribution in [3.63, 3.8) is 0 Å². The van der Waals surface area contributed by atoms with Gasteiger partial charge in [0.25, 0.3) is 5.91 Å². The van der Waals surface area contributed by atoms with Gasteiger partial charge in [0.2, 0.25) is 0 Å². The summed E-state index contributed by atoms with van der Waals surface area (Å²) in [6.45, 7) is 1.85. The maximum absolute atomic E-state index is 11.7. The minimum absolute atomic E-state index is 0.230. The molecule has 5 nitrogen and oxygen atoms in total. The number of hydrogen-bond donors (Lipinski definition) is 3. The fourth-order valence-electron chi connectivity index (χ4n) is 1.38. The lowest BCUT2D eigenvalue weighted by Gasteiger charge is -2.11. The highest BCUT2D eigenvalue weighted by Gasteiger charge is 2.09. The number of amides is 1. The molecule has 0 fully saturated rings. The summed E-state index contributed by atoms with van der Waals surface area (Å²) in [7, 11) is 3.33. The molecule has 0 aliphatic carbocycles. The fraction of sp³-hybridized carbons (Fsp3) is 0.417. The van der Waals surface area contributed by atoms with Crippen molar-refractivity contribution in [1.29, 1.82) is 0 Å². The second-order valence-corrected chi connectivity index (χ2v) is 3.72. The van der Waals surface area contributed by atoms with Crippen molar-refractivity contribution in [3.8, 4) is 5.75 Å². The molecule has 0 aliphatic heterocycles. The zero-order chi connectivity index (χ0) is 12.8. The molecular formula is C12H18N2O3. The number of anilines is 1. The summed E-state index contributed by atoms with van der Waals surface area (Å²) < 4.78 is 5.16. The van der Waals surface area contributed by atoms with Gasteiger partial charge in [-0.3, -0.25) is 4.79 Å². The number of aliphatic hydroxyl groups excluding tert-OH is 1. The first-order valence-corrected chi connectivity index (χ1v) is 5.40. The summed E-state index contributed by atoms with van der Waals surface area (Å²) in [5.41, 5.74) is 1.32. The molecular weight excluding hydrogens is 220 g/mol. The molecule has 17 heavy (non-hydrogen) atoms. The van der Waals surface area contributed by atoms with Gasteiger partial charge in [-0.1, -0.05) is 0 Å². The van der Waals surface area contributed by atoms with Crippen LogP contribution >= 0.6 is 0 Å². The molecule has 0 aromatic heterocycles. The molecule has 0 saturated carbocycles. The second-order valence-electron chi connectivity index (χ2n) is 3.72. The molecule has 1 unspecified atom stereocenters. The Hall–Kier alpha value is -1.75. The van der Waals surface area contributed by atoms with Crippen LogP contribution in [0.1, 0.15) is 17.3 Å². The summed E-state index contributed by atoms with van der Waals surface area (Å²) in [6, 6.07) is 5.13. The number of nitrogens with one attached hydrogen (secondary N) is 2. The Morgan fingerprint density at radius 2 is 2.24 bits per heavy atom. The summed E-state index contributed by atoms with van der Waals surface area (Å²) in [4.78, 5) is 11.7. The van der Waals surface area contributed by atoms with E-state index in [4.69, 9.17) is 9.84 Å². The van der Waals surface area contributed by atoms with Crippen LogP contribution in [0, 0.1) is 0 Å². The normalized spacial score (nSPS) is 11.8. The van der Waals surface area contributed by atoms with E-state index in [1.165, 1.54) is 0 Å². The molecule has 0 heterocycles. The van der Waals surface area contributed by atoms with E-state index in [1.54, 1.807) is 39.3 Å². The summed E-state index contributed by atoms with van der Waals surface area (Å²) >= 11 is 0. The van der Waals surface area contributed by atoms with Crippen LogP contribution in [0.2, 0.25) is 0 Å². The predicted molar refractivity (Wildman–Crippen MR) is 66.6 cm³/mol. The molecule has 0 radical (unpaired) electrons. The molecule has 0 saturated heterocycles. The Bertz CT molecular complexity index is 391. The van der Waals surface area contributed by atoms with Crippen molar-refractivity contribution in [3.05, 3.63) is 23.8 Å². The van der Waals surface area contributed by atoms with Crippen molar-refractivity contribution < 1.29 is 14.6 Å². The molecule has 0 aliphatic rings. The largest absolute Gasteiger partial charge is 0.495 e. The topological polar surface area (TPSA) is 70.6 Å². The average Bonchev–Trinajstić information content (AvgIpc) is 2.34. The maximum Gasteiger partial charge on any atom is 0.251 e. The number of aliphatic hydroxyl groups is 1. The van der Waals surface area contributed by atoms with Crippen LogP contribution in [0.25, 0.3) is 0 Å². The highest BCUT2D eigenvalue weighted by Crippen LogP contribution is 2.24. The molecule has 0 spiro atoms. The molecule has 1 rings (SSSR count). The van der Waals surface area contributed by atoms with Crippen molar-refractivity contribution in [2.45, 2.75) is 13.0 Å². The van der Waals surface area contributed by atoms with Crippen LogP contribution in [0.15, 0.2) is 18.2 Å². The molecule has 1 atom stereocenters. The average molecular weight is 238 g/mol. The number of benzene rings is 1. The second kappa shape index (κ2) is 6.10. The van der Waals surface area contributed by atoms with E-state index >= 15 is 0 Å². The molecule has 5 heteroatoms. The third-order valence-electron chi connectivity index (χ3n) is 2.29. The van der Waals surface area contributed by atoms with Gasteiger partial charge in [0.15, 0.2) is 0 Å². The number of carbonyl (C=O) groups excluding carboxylic acids is 1. The number of ether oxygens (including phenoxy) is 1. The minimum Gasteiger partial charge on any atom is -0.495 e. The van der Waals surface area contributed by atoms with Gasteiger partial charge >= 0.3 is 0 Å². The van der Waals surface area contributed by atoms with Crippen molar-refractivity contribution in [2.75, 3.05) is 26.0 Å². The van der Waals surface area contributed by atoms with Gasteiger partial charge in [0.1, 0.15) is 5.75 Å². The van der Waals surface area contributed by atoms with Crippen LogP contribution in [0.3, 0.4) is 0 Å². The third-order valence-corrected chi connectivity index (χ3v) is 2.29. The smallest absolute Gasteiger partial charge is 0.251 e. The molecule has 0 bridgehead atoms. The van der Waals surface area contributed by atoms with Crippen LogP contribution in [-0.4, -0.2) is 37.8 Å². The van der Waals surface area contributed by atoms with E-state index in [-0.39, 0.29) is 12.5 Å². The maximum atomic E-state index is 11.7. The summed E-state index contributed by atoms with van der Waals surface area (Å²) in [6.07, 6.45) is -0.558. The van der Waals surface area contributed by atoms with Gasteiger partial charge in [0.05, 0.1) is 18.9 Å². The lowest BCUT2D eigenvalue weighted by Crippen LogP contribution is -2.30. The van der Waals surface area contributed by atoms with Gasteiger partial charge in [0, 0.05) is 19.2 Å². The SMILES string of the molecule is CNc1ccc(C(=O)NCC(C)O)cc1OC. The summed E-state index contributed by atoms with van der Waals surface area (Å²) in [5.74, 6) is 0.379. The number of hydrogen-bond acceptors (Lipinski definition) is 4. The first-order chi connectivity index (χ1) is 8.08. The molecule has 94 valence electrons. The van der Waals surface area contributed by atoms with E-state index in [9.17, 15) is 4.79 Å². The Balaban J connectivity index is 2.81. The van der Waals surface area contributed by atoms with Crippen LogP contribution in [-0.2, 0) is 0 Å². The Morgan fingerprint density at radius 1 is 1.53 bits per heavy atom. The highest BCUT2D eigenvalue weighted by molar-refractivity contribution is 5.95.